The minimum atomic E-state index is -0.709. The lowest BCUT2D eigenvalue weighted by molar-refractivity contribution is -0.185. The first-order valence-electron chi connectivity index (χ1n) is 6.77. The first-order chi connectivity index (χ1) is 8.18. The van der Waals surface area contributed by atoms with Crippen LogP contribution < -0.4 is 5.90 Å². The van der Waals surface area contributed by atoms with E-state index in [-0.39, 0.29) is 5.60 Å². The number of carbonyl (C=O) groups excluding carboxylic acids is 1. The van der Waals surface area contributed by atoms with Gasteiger partial charge >= 0.3 is 6.16 Å². The molecule has 0 spiro atoms. The molecule has 2 N–H and O–H groups in total. The molecule has 0 atom stereocenters. The molecule has 0 unspecified atom stereocenters. The maximum atomic E-state index is 11.4. The van der Waals surface area contributed by atoms with Crippen LogP contribution in [0.1, 0.15) is 45.4 Å². The Kier molecular flexibility index (Phi) is 2.58. The van der Waals surface area contributed by atoms with E-state index in [4.69, 9.17) is 10.6 Å². The smallest absolute Gasteiger partial charge is 0.426 e. The fourth-order valence-corrected chi connectivity index (χ4v) is 4.98. The van der Waals surface area contributed by atoms with E-state index in [2.05, 4.69) is 11.8 Å². The number of hydrogen-bond donors (Lipinski definition) is 1. The lowest BCUT2D eigenvalue weighted by atomic mass is 9.49. The van der Waals surface area contributed by atoms with Crippen molar-refractivity contribution in [2.75, 3.05) is 0 Å². The van der Waals surface area contributed by atoms with Gasteiger partial charge in [0.05, 0.1) is 0 Å². The molecular formula is C13H21NO3. The Bertz CT molecular complexity index is 301. The summed E-state index contributed by atoms with van der Waals surface area (Å²) in [6.07, 6.45) is 6.46. The van der Waals surface area contributed by atoms with Crippen molar-refractivity contribution in [2.45, 2.75) is 51.0 Å². The number of carbonyl (C=O) groups is 1. The van der Waals surface area contributed by atoms with Gasteiger partial charge in [-0.15, -0.1) is 0 Å². The van der Waals surface area contributed by atoms with Crippen molar-refractivity contribution in [3.05, 3.63) is 0 Å². The lowest BCUT2D eigenvalue weighted by Gasteiger charge is -2.59. The van der Waals surface area contributed by atoms with E-state index < -0.39 is 6.16 Å². The largest absolute Gasteiger partial charge is 0.528 e. The van der Waals surface area contributed by atoms with Gasteiger partial charge in [0.25, 0.3) is 0 Å². The van der Waals surface area contributed by atoms with Gasteiger partial charge < -0.3 is 9.57 Å². The second kappa shape index (κ2) is 3.87. The zero-order valence-corrected chi connectivity index (χ0v) is 10.4. The topological polar surface area (TPSA) is 61.5 Å². The molecule has 4 saturated carbocycles. The van der Waals surface area contributed by atoms with Gasteiger partial charge in [-0.1, -0.05) is 6.92 Å². The molecule has 0 aromatic carbocycles. The summed E-state index contributed by atoms with van der Waals surface area (Å²) in [6.45, 7) is 2.12. The minimum Gasteiger partial charge on any atom is -0.426 e. The van der Waals surface area contributed by atoms with Crippen molar-refractivity contribution in [2.24, 2.45) is 29.6 Å². The summed E-state index contributed by atoms with van der Waals surface area (Å²) in [5.74, 6) is 7.72. The Balaban J connectivity index is 1.86. The van der Waals surface area contributed by atoms with Gasteiger partial charge in [0, 0.05) is 0 Å². The standard InChI is InChI=1S/C13H21NO3/c1-2-13(16-12(15)17-14)10-4-8-3-9(6-10)7-11(13)5-8/h8-11H,2-7,14H2,1H3. The highest BCUT2D eigenvalue weighted by atomic mass is 16.8. The number of hydrogen-bond acceptors (Lipinski definition) is 4. The van der Waals surface area contributed by atoms with Crippen LogP contribution in [0.25, 0.3) is 0 Å². The van der Waals surface area contributed by atoms with Crippen molar-refractivity contribution in [3.8, 4) is 0 Å². The fourth-order valence-electron chi connectivity index (χ4n) is 4.98. The van der Waals surface area contributed by atoms with Crippen molar-refractivity contribution >= 4 is 6.16 Å². The molecule has 17 heavy (non-hydrogen) atoms. The molecule has 4 aliphatic carbocycles. The molecule has 0 amide bonds. The van der Waals surface area contributed by atoms with Gasteiger partial charge in [-0.2, -0.15) is 5.90 Å². The van der Waals surface area contributed by atoms with Gasteiger partial charge in [-0.05, 0) is 62.2 Å². The van der Waals surface area contributed by atoms with Crippen LogP contribution in [-0.2, 0) is 9.57 Å². The average molecular weight is 239 g/mol. The third-order valence-electron chi connectivity index (χ3n) is 5.44. The summed E-state index contributed by atoms with van der Waals surface area (Å²) in [5.41, 5.74) is -0.288. The van der Waals surface area contributed by atoms with Gasteiger partial charge in [0.2, 0.25) is 0 Å². The van der Waals surface area contributed by atoms with Gasteiger partial charge in [-0.25, -0.2) is 4.79 Å². The second-order valence-corrected chi connectivity index (χ2v) is 6.08. The maximum Gasteiger partial charge on any atom is 0.528 e. The minimum absolute atomic E-state index is 0.288. The highest BCUT2D eigenvalue weighted by Gasteiger charge is 2.58. The van der Waals surface area contributed by atoms with Crippen LogP contribution in [0.2, 0.25) is 0 Å². The molecule has 4 aliphatic rings. The first-order valence-corrected chi connectivity index (χ1v) is 6.77. The molecule has 4 fully saturated rings. The second-order valence-electron chi connectivity index (χ2n) is 6.08. The Morgan fingerprint density at radius 2 is 1.71 bits per heavy atom. The molecular weight excluding hydrogens is 218 g/mol. The molecule has 96 valence electrons. The van der Waals surface area contributed by atoms with Crippen LogP contribution in [0.5, 0.6) is 0 Å². The van der Waals surface area contributed by atoms with Gasteiger partial charge in [0.1, 0.15) is 5.60 Å². The molecule has 0 aliphatic heterocycles. The molecule has 4 rings (SSSR count). The molecule has 0 heterocycles. The molecule has 0 aromatic rings. The van der Waals surface area contributed by atoms with Crippen molar-refractivity contribution in [1.29, 1.82) is 0 Å². The zero-order chi connectivity index (χ0) is 12.0. The maximum absolute atomic E-state index is 11.4. The van der Waals surface area contributed by atoms with Crippen LogP contribution >= 0.6 is 0 Å². The normalized spacial score (nSPS) is 46.9. The Labute approximate surface area is 102 Å². The van der Waals surface area contributed by atoms with Crippen LogP contribution in [-0.4, -0.2) is 11.8 Å². The SMILES string of the molecule is CCC1(OC(=O)ON)C2CC3CC(C2)CC1C3. The summed E-state index contributed by atoms with van der Waals surface area (Å²) in [4.78, 5) is 15.6. The van der Waals surface area contributed by atoms with E-state index in [0.29, 0.717) is 11.8 Å². The third-order valence-corrected chi connectivity index (χ3v) is 5.44. The average Bonchev–Trinajstić information content (AvgIpc) is 2.33. The third kappa shape index (κ3) is 1.57. The predicted octanol–water partition coefficient (Wildman–Crippen LogP) is 2.62. The number of nitrogens with two attached hydrogens (primary N) is 1. The monoisotopic (exact) mass is 239 g/mol. The number of ether oxygens (including phenoxy) is 1. The Morgan fingerprint density at radius 1 is 1.18 bits per heavy atom. The van der Waals surface area contributed by atoms with Crippen molar-refractivity contribution in [3.63, 3.8) is 0 Å². The molecule has 0 aromatic heterocycles. The summed E-state index contributed by atoms with van der Waals surface area (Å²) in [7, 11) is 0. The summed E-state index contributed by atoms with van der Waals surface area (Å²) in [6, 6.07) is 0. The summed E-state index contributed by atoms with van der Waals surface area (Å²) < 4.78 is 5.63. The number of rotatable bonds is 2. The van der Waals surface area contributed by atoms with E-state index in [1.807, 2.05) is 0 Å². The van der Waals surface area contributed by atoms with E-state index in [1.54, 1.807) is 0 Å². The van der Waals surface area contributed by atoms with Crippen LogP contribution in [0.15, 0.2) is 0 Å². The van der Waals surface area contributed by atoms with E-state index >= 15 is 0 Å². The molecule has 0 saturated heterocycles. The first kappa shape index (κ1) is 11.3. The van der Waals surface area contributed by atoms with Gasteiger partial charge in [-0.3, -0.25) is 0 Å². The highest BCUT2D eigenvalue weighted by molar-refractivity contribution is 5.60. The van der Waals surface area contributed by atoms with E-state index in [9.17, 15) is 4.79 Å². The zero-order valence-electron chi connectivity index (χ0n) is 10.4. The summed E-state index contributed by atoms with van der Waals surface area (Å²) >= 11 is 0. The van der Waals surface area contributed by atoms with Crippen LogP contribution in [0.3, 0.4) is 0 Å². The van der Waals surface area contributed by atoms with E-state index in [1.165, 1.54) is 32.1 Å². The molecule has 4 nitrogen and oxygen atoms in total. The molecule has 4 bridgehead atoms. The van der Waals surface area contributed by atoms with Gasteiger partial charge in [0.15, 0.2) is 0 Å². The Hall–Kier alpha value is -0.770. The molecule has 0 radical (unpaired) electrons. The van der Waals surface area contributed by atoms with E-state index in [0.717, 1.165) is 18.3 Å². The molecule has 4 heteroatoms. The fraction of sp³-hybridized carbons (Fsp3) is 0.923. The Morgan fingerprint density at radius 3 is 2.12 bits per heavy atom. The van der Waals surface area contributed by atoms with Crippen molar-refractivity contribution < 1.29 is 14.4 Å². The summed E-state index contributed by atoms with van der Waals surface area (Å²) in [5, 5.41) is 0. The lowest BCUT2D eigenvalue weighted by Crippen LogP contribution is -2.59. The van der Waals surface area contributed by atoms with Crippen LogP contribution in [0, 0.1) is 23.7 Å². The van der Waals surface area contributed by atoms with Crippen molar-refractivity contribution in [1.82, 2.24) is 0 Å². The van der Waals surface area contributed by atoms with Crippen LogP contribution in [0.4, 0.5) is 4.79 Å². The predicted molar refractivity (Wildman–Crippen MR) is 61.8 cm³/mol. The quantitative estimate of drug-likeness (QED) is 0.594. The highest BCUT2D eigenvalue weighted by Crippen LogP contribution is 2.60.